The molecule has 1 aliphatic rings. The Labute approximate surface area is 120 Å². The Balaban J connectivity index is 2.12. The van der Waals surface area contributed by atoms with Crippen LogP contribution in [-0.2, 0) is 14.4 Å². The molecular weight excluding hydrogens is 276 g/mol. The lowest BCUT2D eigenvalue weighted by molar-refractivity contribution is -0.172. The highest BCUT2D eigenvalue weighted by atomic mass is 16.7. The van der Waals surface area contributed by atoms with E-state index in [4.69, 9.17) is 4.84 Å². The Bertz CT molecular complexity index is 595. The number of amides is 3. The molecule has 2 rings (SSSR count). The number of hydrogen-bond donors (Lipinski definition) is 1. The van der Waals surface area contributed by atoms with Crippen molar-refractivity contribution in [2.75, 3.05) is 6.54 Å². The number of imide groups is 1. The van der Waals surface area contributed by atoms with Gasteiger partial charge in [-0.05, 0) is 25.1 Å². The van der Waals surface area contributed by atoms with Gasteiger partial charge in [0.05, 0.1) is 5.56 Å². The van der Waals surface area contributed by atoms with Gasteiger partial charge in [-0.1, -0.05) is 6.07 Å². The molecule has 0 atom stereocenters. The van der Waals surface area contributed by atoms with Gasteiger partial charge in [-0.3, -0.25) is 14.4 Å². The van der Waals surface area contributed by atoms with Crippen molar-refractivity contribution in [3.8, 4) is 0 Å². The van der Waals surface area contributed by atoms with E-state index >= 15 is 0 Å². The van der Waals surface area contributed by atoms with Gasteiger partial charge in [0, 0.05) is 24.9 Å². The molecule has 1 saturated heterocycles. The maximum Gasteiger partial charge on any atom is 0.363 e. The van der Waals surface area contributed by atoms with E-state index in [2.05, 4.69) is 5.32 Å². The van der Waals surface area contributed by atoms with E-state index in [1.165, 1.54) is 18.2 Å². The van der Waals surface area contributed by atoms with Crippen LogP contribution in [0, 0.1) is 0 Å². The molecule has 0 saturated carbocycles. The molecule has 3 amide bonds. The van der Waals surface area contributed by atoms with E-state index in [9.17, 15) is 19.2 Å². The molecule has 0 aliphatic carbocycles. The SMILES string of the molecule is CCNC(=O)c1cccc(C(=O)ON2C(=O)CCC2=O)c1. The molecule has 1 aliphatic heterocycles. The first-order valence-electron chi connectivity index (χ1n) is 6.49. The number of benzene rings is 1. The Morgan fingerprint density at radius 2 is 1.81 bits per heavy atom. The van der Waals surface area contributed by atoms with Gasteiger partial charge in [-0.25, -0.2) is 4.79 Å². The molecule has 1 N–H and O–H groups in total. The highest BCUT2D eigenvalue weighted by molar-refractivity contribution is 6.03. The zero-order chi connectivity index (χ0) is 15.4. The zero-order valence-corrected chi connectivity index (χ0v) is 11.4. The second-order valence-electron chi connectivity index (χ2n) is 4.40. The first-order valence-corrected chi connectivity index (χ1v) is 6.49. The minimum atomic E-state index is -0.857. The molecule has 1 heterocycles. The predicted molar refractivity (Wildman–Crippen MR) is 71.0 cm³/mol. The topological polar surface area (TPSA) is 92.8 Å². The average molecular weight is 290 g/mol. The van der Waals surface area contributed by atoms with Gasteiger partial charge in [0.15, 0.2) is 0 Å². The molecule has 0 spiro atoms. The molecule has 1 fully saturated rings. The van der Waals surface area contributed by atoms with E-state index in [0.29, 0.717) is 17.2 Å². The van der Waals surface area contributed by atoms with Crippen molar-refractivity contribution >= 4 is 23.7 Å². The Morgan fingerprint density at radius 1 is 1.19 bits per heavy atom. The van der Waals surface area contributed by atoms with E-state index in [1.807, 2.05) is 0 Å². The van der Waals surface area contributed by atoms with Crippen LogP contribution < -0.4 is 5.32 Å². The average Bonchev–Trinajstić information content (AvgIpc) is 2.79. The van der Waals surface area contributed by atoms with Crippen molar-refractivity contribution in [3.05, 3.63) is 35.4 Å². The molecule has 0 radical (unpaired) electrons. The summed E-state index contributed by atoms with van der Waals surface area (Å²) in [4.78, 5) is 51.1. The van der Waals surface area contributed by atoms with Crippen molar-refractivity contribution < 1.29 is 24.0 Å². The van der Waals surface area contributed by atoms with Gasteiger partial charge in [-0.15, -0.1) is 5.06 Å². The van der Waals surface area contributed by atoms with Crippen LogP contribution >= 0.6 is 0 Å². The quantitative estimate of drug-likeness (QED) is 0.822. The van der Waals surface area contributed by atoms with Gasteiger partial charge < -0.3 is 10.2 Å². The summed E-state index contributed by atoms with van der Waals surface area (Å²) >= 11 is 0. The summed E-state index contributed by atoms with van der Waals surface area (Å²) in [5, 5.41) is 3.08. The summed E-state index contributed by atoms with van der Waals surface area (Å²) in [6, 6.07) is 5.86. The minimum absolute atomic E-state index is 0.0328. The molecule has 1 aromatic carbocycles. The number of hydrogen-bond acceptors (Lipinski definition) is 5. The molecular formula is C14H14N2O5. The van der Waals surface area contributed by atoms with Crippen molar-refractivity contribution in [1.82, 2.24) is 10.4 Å². The maximum atomic E-state index is 11.9. The van der Waals surface area contributed by atoms with Gasteiger partial charge in [-0.2, -0.15) is 0 Å². The third-order valence-electron chi connectivity index (χ3n) is 2.88. The zero-order valence-electron chi connectivity index (χ0n) is 11.4. The van der Waals surface area contributed by atoms with E-state index in [-0.39, 0.29) is 24.3 Å². The fourth-order valence-corrected chi connectivity index (χ4v) is 1.84. The Morgan fingerprint density at radius 3 is 2.43 bits per heavy atom. The maximum absolute atomic E-state index is 11.9. The molecule has 1 aromatic rings. The number of carbonyl (C=O) groups excluding carboxylic acids is 4. The van der Waals surface area contributed by atoms with Crippen LogP contribution in [0.5, 0.6) is 0 Å². The van der Waals surface area contributed by atoms with Gasteiger partial charge >= 0.3 is 5.97 Å². The van der Waals surface area contributed by atoms with Crippen LogP contribution in [0.1, 0.15) is 40.5 Å². The van der Waals surface area contributed by atoms with Crippen LogP contribution in [-0.4, -0.2) is 35.3 Å². The first kappa shape index (κ1) is 14.7. The number of carbonyl (C=O) groups is 4. The van der Waals surface area contributed by atoms with Gasteiger partial charge in [0.2, 0.25) is 0 Å². The lowest BCUT2D eigenvalue weighted by Gasteiger charge is -2.12. The van der Waals surface area contributed by atoms with Crippen molar-refractivity contribution in [1.29, 1.82) is 0 Å². The summed E-state index contributed by atoms with van der Waals surface area (Å²) in [5.41, 5.74) is 0.386. The number of nitrogens with one attached hydrogen (secondary N) is 1. The van der Waals surface area contributed by atoms with E-state index in [0.717, 1.165) is 0 Å². The molecule has 110 valence electrons. The third kappa shape index (κ3) is 3.25. The first-order chi connectivity index (χ1) is 10.0. The van der Waals surface area contributed by atoms with Gasteiger partial charge in [0.1, 0.15) is 0 Å². The molecule has 0 bridgehead atoms. The highest BCUT2D eigenvalue weighted by Crippen LogP contribution is 2.15. The number of hydroxylamine groups is 2. The summed E-state index contributed by atoms with van der Waals surface area (Å²) in [6.45, 7) is 2.24. The fraction of sp³-hybridized carbons (Fsp3) is 0.286. The highest BCUT2D eigenvalue weighted by Gasteiger charge is 2.33. The lowest BCUT2D eigenvalue weighted by atomic mass is 10.1. The van der Waals surface area contributed by atoms with Crippen LogP contribution in [0.15, 0.2) is 24.3 Å². The number of rotatable bonds is 4. The van der Waals surface area contributed by atoms with Crippen molar-refractivity contribution in [2.45, 2.75) is 19.8 Å². The second-order valence-corrected chi connectivity index (χ2v) is 4.40. The lowest BCUT2D eigenvalue weighted by Crippen LogP contribution is -2.32. The summed E-state index contributed by atoms with van der Waals surface area (Å²) in [6.07, 6.45) is 0.0656. The summed E-state index contributed by atoms with van der Waals surface area (Å²) < 4.78 is 0. The van der Waals surface area contributed by atoms with Crippen LogP contribution in [0.2, 0.25) is 0 Å². The minimum Gasteiger partial charge on any atom is -0.352 e. The van der Waals surface area contributed by atoms with E-state index in [1.54, 1.807) is 13.0 Å². The second kappa shape index (κ2) is 6.17. The van der Waals surface area contributed by atoms with Gasteiger partial charge in [0.25, 0.3) is 17.7 Å². The molecule has 0 unspecified atom stereocenters. The molecule has 7 heteroatoms. The van der Waals surface area contributed by atoms with Crippen LogP contribution in [0.3, 0.4) is 0 Å². The normalized spacial score (nSPS) is 14.2. The number of nitrogens with zero attached hydrogens (tertiary/aromatic N) is 1. The smallest absolute Gasteiger partial charge is 0.352 e. The molecule has 0 aromatic heterocycles. The monoisotopic (exact) mass is 290 g/mol. The van der Waals surface area contributed by atoms with Crippen molar-refractivity contribution in [2.24, 2.45) is 0 Å². The predicted octanol–water partition coefficient (Wildman–Crippen LogP) is 0.657. The molecule has 21 heavy (non-hydrogen) atoms. The standard InChI is InChI=1S/C14H14N2O5/c1-2-15-13(19)9-4-3-5-10(8-9)14(20)21-16-11(17)6-7-12(16)18/h3-5,8H,2,6-7H2,1H3,(H,15,19). The van der Waals surface area contributed by atoms with E-state index < -0.39 is 17.8 Å². The van der Waals surface area contributed by atoms with Crippen molar-refractivity contribution in [3.63, 3.8) is 0 Å². The third-order valence-corrected chi connectivity index (χ3v) is 2.88. The summed E-state index contributed by atoms with van der Waals surface area (Å²) in [5.74, 6) is -2.27. The molecule has 7 nitrogen and oxygen atoms in total. The summed E-state index contributed by atoms with van der Waals surface area (Å²) in [7, 11) is 0. The Kier molecular flexibility index (Phi) is 4.32. The van der Waals surface area contributed by atoms with Crippen LogP contribution in [0.4, 0.5) is 0 Å². The Hall–Kier alpha value is -2.70. The fourth-order valence-electron chi connectivity index (χ4n) is 1.84. The largest absolute Gasteiger partial charge is 0.363 e. The van der Waals surface area contributed by atoms with Crippen LogP contribution in [0.25, 0.3) is 0 Å².